The van der Waals surface area contributed by atoms with E-state index in [1.807, 2.05) is 54.1 Å². The smallest absolute Gasteiger partial charge is 0.254 e. The second kappa shape index (κ2) is 13.5. The van der Waals surface area contributed by atoms with E-state index in [1.165, 1.54) is 0 Å². The summed E-state index contributed by atoms with van der Waals surface area (Å²) in [6.45, 7) is 5.78. The maximum absolute atomic E-state index is 12.6. The number of nitrogens with zero attached hydrogens (tertiary/aromatic N) is 4. The number of ether oxygens (including phenoxy) is 4. The number of rotatable bonds is 7. The highest BCUT2D eigenvalue weighted by molar-refractivity contribution is 5.81. The van der Waals surface area contributed by atoms with E-state index in [-0.39, 0.29) is 18.3 Å². The molecule has 3 atom stereocenters. The molecule has 6 rings (SSSR count). The summed E-state index contributed by atoms with van der Waals surface area (Å²) in [5.74, 6) is 8.01. The number of imidazole rings is 1. The SMILES string of the molecule is C[C@H](OC1CCCCO1)c1nccn1Cc1cc(-c2ccc(C#CC3=CCN(C(=O)C4COCCO4)CC3)cc2)on1. The number of amides is 1. The lowest BCUT2D eigenvalue weighted by Gasteiger charge is -2.30. The summed E-state index contributed by atoms with van der Waals surface area (Å²) in [6.07, 6.45) is 8.70. The van der Waals surface area contributed by atoms with Gasteiger partial charge in [-0.25, -0.2) is 4.98 Å². The Labute approximate surface area is 245 Å². The van der Waals surface area contributed by atoms with Crippen LogP contribution in [-0.2, 0) is 30.3 Å². The summed E-state index contributed by atoms with van der Waals surface area (Å²) in [5.41, 5.74) is 3.67. The van der Waals surface area contributed by atoms with Crippen LogP contribution in [0.15, 0.2) is 58.9 Å². The van der Waals surface area contributed by atoms with E-state index in [2.05, 4.69) is 22.0 Å². The second-order valence-electron chi connectivity index (χ2n) is 10.7. The van der Waals surface area contributed by atoms with E-state index in [1.54, 1.807) is 11.1 Å². The minimum absolute atomic E-state index is 0.0112. The quantitative estimate of drug-likeness (QED) is 0.390. The Hall–Kier alpha value is -3.75. The molecule has 1 amide bonds. The lowest BCUT2D eigenvalue weighted by Crippen LogP contribution is -2.46. The molecular formula is C32H36N4O6. The van der Waals surface area contributed by atoms with Crippen molar-refractivity contribution in [1.29, 1.82) is 0 Å². The molecule has 1 aromatic carbocycles. The summed E-state index contributed by atoms with van der Waals surface area (Å²) in [7, 11) is 0. The molecule has 3 aliphatic rings. The average molecular weight is 573 g/mol. The molecule has 0 bridgehead atoms. The molecule has 2 saturated heterocycles. The van der Waals surface area contributed by atoms with Gasteiger partial charge in [-0.05, 0) is 56.9 Å². The third kappa shape index (κ3) is 6.99. The Balaban J connectivity index is 1.03. The molecule has 10 nitrogen and oxygen atoms in total. The zero-order chi connectivity index (χ0) is 28.7. The first-order chi connectivity index (χ1) is 20.6. The second-order valence-corrected chi connectivity index (χ2v) is 10.7. The fourth-order valence-electron chi connectivity index (χ4n) is 5.30. The van der Waals surface area contributed by atoms with Crippen molar-refractivity contribution in [3.8, 4) is 23.2 Å². The van der Waals surface area contributed by atoms with Crippen LogP contribution in [0.3, 0.4) is 0 Å². The van der Waals surface area contributed by atoms with E-state index >= 15 is 0 Å². The van der Waals surface area contributed by atoms with Gasteiger partial charge in [0.1, 0.15) is 17.6 Å². The van der Waals surface area contributed by atoms with E-state index < -0.39 is 6.10 Å². The van der Waals surface area contributed by atoms with Crippen molar-refractivity contribution in [3.63, 3.8) is 0 Å². The number of hydrogen-bond donors (Lipinski definition) is 0. The van der Waals surface area contributed by atoms with Gasteiger partial charge in [0.2, 0.25) is 0 Å². The van der Waals surface area contributed by atoms with Crippen LogP contribution >= 0.6 is 0 Å². The van der Waals surface area contributed by atoms with Gasteiger partial charge >= 0.3 is 0 Å². The molecule has 10 heteroatoms. The normalized spacial score (nSPS) is 21.7. The van der Waals surface area contributed by atoms with Crippen LogP contribution in [0.1, 0.15) is 55.8 Å². The van der Waals surface area contributed by atoms with Crippen LogP contribution in [0.5, 0.6) is 0 Å². The summed E-state index contributed by atoms with van der Waals surface area (Å²) in [5, 5.41) is 4.28. The number of benzene rings is 1. The highest BCUT2D eigenvalue weighted by Crippen LogP contribution is 2.25. The van der Waals surface area contributed by atoms with Crippen LogP contribution in [0.25, 0.3) is 11.3 Å². The molecule has 0 aliphatic carbocycles. The molecule has 2 unspecified atom stereocenters. The number of carbonyl (C=O) groups is 1. The minimum Gasteiger partial charge on any atom is -0.376 e. The molecule has 220 valence electrons. The van der Waals surface area contributed by atoms with Crippen LogP contribution in [-0.4, -0.2) is 77.4 Å². The first-order valence-corrected chi connectivity index (χ1v) is 14.7. The van der Waals surface area contributed by atoms with Crippen LogP contribution in [0.2, 0.25) is 0 Å². The molecule has 2 aromatic heterocycles. The van der Waals surface area contributed by atoms with Gasteiger partial charge in [-0.3, -0.25) is 4.79 Å². The Bertz CT molecular complexity index is 1440. The van der Waals surface area contributed by atoms with Crippen molar-refractivity contribution in [1.82, 2.24) is 19.6 Å². The molecule has 42 heavy (non-hydrogen) atoms. The average Bonchev–Trinajstić information content (AvgIpc) is 3.71. The Morgan fingerprint density at radius 2 is 2.05 bits per heavy atom. The molecule has 0 N–H and O–H groups in total. The summed E-state index contributed by atoms with van der Waals surface area (Å²) >= 11 is 0. The fourth-order valence-corrected chi connectivity index (χ4v) is 5.30. The van der Waals surface area contributed by atoms with Crippen molar-refractivity contribution >= 4 is 5.91 Å². The summed E-state index contributed by atoms with van der Waals surface area (Å²) in [4.78, 5) is 18.9. The van der Waals surface area contributed by atoms with Gasteiger partial charge in [-0.2, -0.15) is 0 Å². The molecule has 5 heterocycles. The van der Waals surface area contributed by atoms with Crippen molar-refractivity contribution in [3.05, 3.63) is 71.5 Å². The fraction of sp³-hybridized carbons (Fsp3) is 0.469. The number of carbonyl (C=O) groups excluding carboxylic acids is 1. The third-order valence-corrected chi connectivity index (χ3v) is 7.65. The summed E-state index contributed by atoms with van der Waals surface area (Å²) < 4.78 is 30.4. The zero-order valence-electron chi connectivity index (χ0n) is 23.9. The van der Waals surface area contributed by atoms with Crippen LogP contribution < -0.4 is 0 Å². The van der Waals surface area contributed by atoms with Crippen molar-refractivity contribution in [2.75, 3.05) is 39.5 Å². The van der Waals surface area contributed by atoms with Crippen molar-refractivity contribution in [2.45, 2.75) is 57.6 Å². The largest absolute Gasteiger partial charge is 0.376 e. The van der Waals surface area contributed by atoms with Crippen LogP contribution in [0.4, 0.5) is 0 Å². The molecule has 3 aromatic rings. The minimum atomic E-state index is -0.494. The predicted octanol–water partition coefficient (Wildman–Crippen LogP) is 4.12. The van der Waals surface area contributed by atoms with Gasteiger partial charge in [0.05, 0.1) is 26.4 Å². The lowest BCUT2D eigenvalue weighted by atomic mass is 10.1. The van der Waals surface area contributed by atoms with Gasteiger partial charge in [0.15, 0.2) is 18.2 Å². The van der Waals surface area contributed by atoms with Gasteiger partial charge in [-0.1, -0.05) is 23.1 Å². The maximum Gasteiger partial charge on any atom is 0.254 e. The highest BCUT2D eigenvalue weighted by Gasteiger charge is 2.28. The van der Waals surface area contributed by atoms with Gasteiger partial charge in [0, 0.05) is 54.9 Å². The van der Waals surface area contributed by atoms with Gasteiger partial charge in [0.25, 0.3) is 5.91 Å². The first kappa shape index (κ1) is 28.4. The number of aromatic nitrogens is 3. The van der Waals surface area contributed by atoms with E-state index in [9.17, 15) is 4.79 Å². The Morgan fingerprint density at radius 1 is 1.14 bits per heavy atom. The first-order valence-electron chi connectivity index (χ1n) is 14.7. The zero-order valence-corrected chi connectivity index (χ0v) is 23.9. The summed E-state index contributed by atoms with van der Waals surface area (Å²) in [6, 6.07) is 9.87. The predicted molar refractivity (Wildman–Crippen MR) is 153 cm³/mol. The van der Waals surface area contributed by atoms with E-state index in [0.29, 0.717) is 45.2 Å². The highest BCUT2D eigenvalue weighted by atomic mass is 16.7. The topological polar surface area (TPSA) is 101 Å². The molecular weight excluding hydrogens is 536 g/mol. The van der Waals surface area contributed by atoms with E-state index in [0.717, 1.165) is 60.5 Å². The third-order valence-electron chi connectivity index (χ3n) is 7.65. The van der Waals surface area contributed by atoms with E-state index in [4.69, 9.17) is 23.5 Å². The molecule has 3 aliphatic heterocycles. The molecule has 0 saturated carbocycles. The molecule has 0 spiro atoms. The standard InChI is InChI=1S/C32H36N4O6/c1-23(41-30-4-2-3-17-40-30)31-33-13-16-36(31)21-27-20-28(42-34-27)26-9-7-24(8-10-26)5-6-25-11-14-35(15-12-25)32(37)29-22-38-18-19-39-29/h7-11,13,16,20,23,29-30H,2-4,12,14-15,17-19,21-22H2,1H3/t23-,29?,30?/m0/s1. The van der Waals surface area contributed by atoms with Crippen LogP contribution in [0, 0.1) is 11.8 Å². The molecule has 0 radical (unpaired) electrons. The Kier molecular flexibility index (Phi) is 9.11. The van der Waals surface area contributed by atoms with Crippen molar-refractivity contribution in [2.24, 2.45) is 0 Å². The Morgan fingerprint density at radius 3 is 2.81 bits per heavy atom. The monoisotopic (exact) mass is 572 g/mol. The van der Waals surface area contributed by atoms with Gasteiger partial charge < -0.3 is 32.9 Å². The van der Waals surface area contributed by atoms with Crippen molar-refractivity contribution < 1.29 is 28.3 Å². The number of hydrogen-bond acceptors (Lipinski definition) is 8. The van der Waals surface area contributed by atoms with Gasteiger partial charge in [-0.15, -0.1) is 0 Å². The maximum atomic E-state index is 12.6. The lowest BCUT2D eigenvalue weighted by molar-refractivity contribution is -0.188. The molecule has 2 fully saturated rings.